The highest BCUT2D eigenvalue weighted by molar-refractivity contribution is 6.00. The van der Waals surface area contributed by atoms with E-state index in [1.165, 1.54) is 13.0 Å². The molecule has 0 aromatic heterocycles. The summed E-state index contributed by atoms with van der Waals surface area (Å²) in [5.74, 6) is -0.104. The number of hydrogen-bond donors (Lipinski definition) is 2. The van der Waals surface area contributed by atoms with Gasteiger partial charge in [-0.25, -0.2) is 9.38 Å². The summed E-state index contributed by atoms with van der Waals surface area (Å²) in [5, 5.41) is 9.07. The van der Waals surface area contributed by atoms with E-state index in [2.05, 4.69) is 15.4 Å². The molecule has 1 unspecified atom stereocenters. The van der Waals surface area contributed by atoms with Crippen LogP contribution in [-0.2, 0) is 4.79 Å². The van der Waals surface area contributed by atoms with Crippen molar-refractivity contribution in [3.8, 4) is 0 Å². The van der Waals surface area contributed by atoms with Crippen molar-refractivity contribution in [2.75, 3.05) is 33.7 Å². The van der Waals surface area contributed by atoms with E-state index in [4.69, 9.17) is 5.73 Å². The van der Waals surface area contributed by atoms with E-state index in [0.717, 1.165) is 11.3 Å². The molecule has 3 rings (SSSR count). The van der Waals surface area contributed by atoms with E-state index >= 15 is 0 Å². The molecule has 0 saturated heterocycles. The molecule has 2 aliphatic rings. The topological polar surface area (TPSA) is 86.3 Å². The number of amides is 1. The highest BCUT2D eigenvalue weighted by atomic mass is 19.1. The number of aliphatic imine (C=N–C) groups is 1. The molecule has 1 aromatic rings. The molecule has 27 heavy (non-hydrogen) atoms. The van der Waals surface area contributed by atoms with Crippen LogP contribution in [0.2, 0.25) is 0 Å². The number of carbonyl (C=O) groups excluding carboxylic acids is 1. The van der Waals surface area contributed by atoms with Crippen LogP contribution in [0.3, 0.4) is 0 Å². The van der Waals surface area contributed by atoms with Crippen LogP contribution in [0.5, 0.6) is 0 Å². The van der Waals surface area contributed by atoms with Gasteiger partial charge in [-0.1, -0.05) is 6.07 Å². The van der Waals surface area contributed by atoms with E-state index in [1.807, 2.05) is 14.1 Å². The van der Waals surface area contributed by atoms with Gasteiger partial charge in [-0.05, 0) is 17.7 Å². The normalized spacial score (nSPS) is 20.4. The van der Waals surface area contributed by atoms with Gasteiger partial charge in [0.05, 0.1) is 12.2 Å². The number of benzene rings is 1. The Bertz CT molecular complexity index is 831. The molecular formula is C19H25FN6O. The quantitative estimate of drug-likeness (QED) is 0.620. The highest BCUT2D eigenvalue weighted by Crippen LogP contribution is 2.26. The molecule has 3 N–H and O–H groups in total. The average molecular weight is 372 g/mol. The van der Waals surface area contributed by atoms with Gasteiger partial charge in [0.2, 0.25) is 5.91 Å². The number of nitrogens with one attached hydrogen (secondary N) is 1. The summed E-state index contributed by atoms with van der Waals surface area (Å²) in [5.41, 5.74) is 8.97. The van der Waals surface area contributed by atoms with Crippen molar-refractivity contribution < 1.29 is 9.18 Å². The first-order chi connectivity index (χ1) is 12.9. The van der Waals surface area contributed by atoms with Crippen molar-refractivity contribution in [3.63, 3.8) is 0 Å². The van der Waals surface area contributed by atoms with E-state index in [1.54, 1.807) is 28.3 Å². The Morgan fingerprint density at radius 3 is 2.81 bits per heavy atom. The third-order valence-corrected chi connectivity index (χ3v) is 4.94. The third kappa shape index (κ3) is 4.10. The van der Waals surface area contributed by atoms with Crippen molar-refractivity contribution in [1.82, 2.24) is 15.2 Å². The number of amidine groups is 1. The Morgan fingerprint density at radius 2 is 2.22 bits per heavy atom. The Hall–Kier alpha value is -2.90. The number of rotatable bonds is 4. The zero-order valence-electron chi connectivity index (χ0n) is 15.9. The third-order valence-electron chi connectivity index (χ3n) is 4.94. The van der Waals surface area contributed by atoms with Crippen molar-refractivity contribution in [3.05, 3.63) is 40.8 Å². The Kier molecular flexibility index (Phi) is 5.43. The number of nitrogens with zero attached hydrogens (tertiary/aromatic N) is 4. The lowest BCUT2D eigenvalue weighted by Gasteiger charge is -2.29. The molecular weight excluding hydrogens is 347 g/mol. The van der Waals surface area contributed by atoms with Crippen LogP contribution in [0.15, 0.2) is 39.6 Å². The molecule has 1 atom stereocenters. The predicted octanol–water partition coefficient (Wildman–Crippen LogP) is 1.55. The van der Waals surface area contributed by atoms with Gasteiger partial charge in [0, 0.05) is 63.9 Å². The number of hydrogen-bond acceptors (Lipinski definition) is 5. The predicted molar refractivity (Wildman–Crippen MR) is 105 cm³/mol. The molecule has 144 valence electrons. The maximum atomic E-state index is 14.6. The van der Waals surface area contributed by atoms with Crippen molar-refractivity contribution >= 4 is 23.6 Å². The monoisotopic (exact) mass is 372 g/mol. The van der Waals surface area contributed by atoms with E-state index in [9.17, 15) is 9.18 Å². The second-order valence-electron chi connectivity index (χ2n) is 6.81. The summed E-state index contributed by atoms with van der Waals surface area (Å²) in [7, 11) is 3.68. The summed E-state index contributed by atoms with van der Waals surface area (Å²) < 4.78 is 14.6. The Labute approximate surface area is 158 Å². The average Bonchev–Trinajstić information content (AvgIpc) is 3.07. The van der Waals surface area contributed by atoms with Crippen molar-refractivity contribution in [2.45, 2.75) is 19.3 Å². The van der Waals surface area contributed by atoms with E-state index in [0.29, 0.717) is 43.1 Å². The lowest BCUT2D eigenvalue weighted by molar-refractivity contribution is -0.128. The maximum absolute atomic E-state index is 14.6. The molecule has 0 saturated carbocycles. The summed E-state index contributed by atoms with van der Waals surface area (Å²) in [6.07, 6.45) is 2.43. The Morgan fingerprint density at radius 1 is 1.44 bits per heavy atom. The number of carbonyl (C=O) groups is 1. The van der Waals surface area contributed by atoms with Gasteiger partial charge in [0.15, 0.2) is 0 Å². The zero-order chi connectivity index (χ0) is 19.6. The molecule has 1 amide bonds. The maximum Gasteiger partial charge on any atom is 0.219 e. The largest absolute Gasteiger partial charge is 0.391 e. The standard InChI is InChI=1S/C19H25FN6O/c1-12(27)26-7-6-18(22-2)16(11-26)19(21)24-14-4-5-15(17(20)8-14)13-9-23-25(3)10-13/h4-5,8-9,13,22H,6-7,10-11H2,1-3H3,(H2,21,24). The lowest BCUT2D eigenvalue weighted by atomic mass is 10.00. The first-order valence-electron chi connectivity index (χ1n) is 8.93. The second kappa shape index (κ2) is 7.77. The highest BCUT2D eigenvalue weighted by Gasteiger charge is 2.23. The van der Waals surface area contributed by atoms with Crippen molar-refractivity contribution in [1.29, 1.82) is 0 Å². The number of likely N-dealkylation sites (N-methyl/N-ethyl adjacent to an activating group) is 1. The lowest BCUT2D eigenvalue weighted by Crippen LogP contribution is -2.40. The fraction of sp³-hybridized carbons (Fsp3) is 0.421. The smallest absolute Gasteiger partial charge is 0.219 e. The molecule has 8 heteroatoms. The van der Waals surface area contributed by atoms with Gasteiger partial charge in [-0.2, -0.15) is 5.10 Å². The second-order valence-corrected chi connectivity index (χ2v) is 6.81. The summed E-state index contributed by atoms with van der Waals surface area (Å²) in [4.78, 5) is 17.8. The molecule has 2 heterocycles. The van der Waals surface area contributed by atoms with E-state index in [-0.39, 0.29) is 17.6 Å². The first kappa shape index (κ1) is 18.9. The van der Waals surface area contributed by atoms with Crippen LogP contribution in [0.4, 0.5) is 10.1 Å². The minimum Gasteiger partial charge on any atom is -0.391 e. The summed E-state index contributed by atoms with van der Waals surface area (Å²) >= 11 is 0. The van der Waals surface area contributed by atoms with Crippen LogP contribution in [0, 0.1) is 5.82 Å². The molecule has 0 bridgehead atoms. The minimum absolute atomic E-state index is 0.00551. The summed E-state index contributed by atoms with van der Waals surface area (Å²) in [6, 6.07) is 4.87. The van der Waals surface area contributed by atoms with Gasteiger partial charge in [0.25, 0.3) is 0 Å². The zero-order valence-corrected chi connectivity index (χ0v) is 15.9. The molecule has 0 radical (unpaired) electrons. The number of halogens is 1. The fourth-order valence-electron chi connectivity index (χ4n) is 3.39. The SMILES string of the molecule is CNC1=C(C(N)=Nc2ccc(C3C=NN(C)C3)c(F)c2)CN(C(C)=O)CC1. The number of nitrogens with two attached hydrogens (primary N) is 1. The molecule has 7 nitrogen and oxygen atoms in total. The summed E-state index contributed by atoms with van der Waals surface area (Å²) in [6.45, 7) is 3.23. The fourth-order valence-corrected chi connectivity index (χ4v) is 3.39. The van der Waals surface area contributed by atoms with Crippen LogP contribution < -0.4 is 11.1 Å². The van der Waals surface area contributed by atoms with Gasteiger partial charge >= 0.3 is 0 Å². The molecule has 0 aliphatic carbocycles. The molecule has 1 aromatic carbocycles. The Balaban J connectivity index is 1.85. The van der Waals surface area contributed by atoms with Crippen LogP contribution in [-0.4, -0.2) is 61.6 Å². The first-order valence-corrected chi connectivity index (χ1v) is 8.93. The van der Waals surface area contributed by atoms with Crippen LogP contribution in [0.25, 0.3) is 0 Å². The van der Waals surface area contributed by atoms with Crippen molar-refractivity contribution in [2.24, 2.45) is 15.8 Å². The minimum atomic E-state index is -0.326. The molecule has 0 spiro atoms. The van der Waals surface area contributed by atoms with Crippen LogP contribution >= 0.6 is 0 Å². The van der Waals surface area contributed by atoms with Gasteiger partial charge in [-0.15, -0.1) is 0 Å². The van der Waals surface area contributed by atoms with E-state index < -0.39 is 0 Å². The van der Waals surface area contributed by atoms with Gasteiger partial charge < -0.3 is 16.0 Å². The van der Waals surface area contributed by atoms with Gasteiger partial charge in [-0.3, -0.25) is 9.80 Å². The number of hydrazone groups is 1. The van der Waals surface area contributed by atoms with Gasteiger partial charge in [0.1, 0.15) is 11.7 Å². The molecule has 2 aliphatic heterocycles. The molecule has 0 fully saturated rings. The van der Waals surface area contributed by atoms with Crippen LogP contribution in [0.1, 0.15) is 24.8 Å².